The first-order valence-corrected chi connectivity index (χ1v) is 4.95. The van der Waals surface area contributed by atoms with Crippen molar-refractivity contribution in [3.05, 3.63) is 34.5 Å². The fraction of sp³-hybridized carbons (Fsp3) is 0.273. The smallest absolute Gasteiger partial charge is 0.335 e. The predicted octanol–water partition coefficient (Wildman–Crippen LogP) is -0.0572. The van der Waals surface area contributed by atoms with Gasteiger partial charge in [0.25, 0.3) is 5.91 Å². The number of carboxylic acid groups (broad SMARTS) is 1. The summed E-state index contributed by atoms with van der Waals surface area (Å²) in [7, 11) is 0. The van der Waals surface area contributed by atoms with E-state index >= 15 is 0 Å². The molecule has 0 aromatic heterocycles. The number of hydrogen-bond donors (Lipinski definition) is 1. The number of aromatic carboxylic acids is 1. The Kier molecular flexibility index (Phi) is 2.52. The van der Waals surface area contributed by atoms with Crippen molar-refractivity contribution in [1.82, 2.24) is 0 Å². The van der Waals surface area contributed by atoms with Crippen molar-refractivity contribution >= 4 is 11.9 Å². The molecule has 1 amide bonds. The number of carboxylic acids is 1. The number of carbonyl (C=O) groups excluding carboxylic acids is 1. The SMILES string of the molecule is CC[C@H]1N=c2ccc(C(=O)O)cc2=NC1=O. The minimum absolute atomic E-state index is 0.112. The Balaban J connectivity index is 2.63. The number of nitrogens with zero attached hydrogens (tertiary/aromatic N) is 2. The van der Waals surface area contributed by atoms with E-state index in [0.29, 0.717) is 17.1 Å². The van der Waals surface area contributed by atoms with Gasteiger partial charge < -0.3 is 5.11 Å². The van der Waals surface area contributed by atoms with Gasteiger partial charge in [0, 0.05) is 0 Å². The summed E-state index contributed by atoms with van der Waals surface area (Å²) in [5, 5.41) is 9.72. The summed E-state index contributed by atoms with van der Waals surface area (Å²) < 4.78 is 0. The number of rotatable bonds is 2. The highest BCUT2D eigenvalue weighted by Crippen LogP contribution is 2.01. The van der Waals surface area contributed by atoms with E-state index in [4.69, 9.17) is 5.11 Å². The molecule has 1 aromatic rings. The van der Waals surface area contributed by atoms with Crippen LogP contribution >= 0.6 is 0 Å². The van der Waals surface area contributed by atoms with Crippen molar-refractivity contribution in [1.29, 1.82) is 0 Å². The first-order chi connectivity index (χ1) is 7.61. The third kappa shape index (κ3) is 1.71. The van der Waals surface area contributed by atoms with E-state index in [9.17, 15) is 9.59 Å². The molecule has 5 nitrogen and oxygen atoms in total. The first-order valence-electron chi connectivity index (χ1n) is 4.95. The Morgan fingerprint density at radius 1 is 1.44 bits per heavy atom. The number of carbonyl (C=O) groups is 2. The molecular formula is C11H10N2O3. The first kappa shape index (κ1) is 10.5. The summed E-state index contributed by atoms with van der Waals surface area (Å²) in [6.45, 7) is 1.86. The minimum Gasteiger partial charge on any atom is -0.478 e. The molecule has 2 rings (SSSR count). The standard InChI is InChI=1S/C11H10N2O3/c1-2-7-10(14)13-9-5-6(11(15)16)3-4-8(9)12-7/h3-5,7H,2H2,1H3,(H,15,16)/t7-/m1/s1. The molecule has 0 spiro atoms. The lowest BCUT2D eigenvalue weighted by atomic mass is 10.1. The predicted molar refractivity (Wildman–Crippen MR) is 54.8 cm³/mol. The van der Waals surface area contributed by atoms with Gasteiger partial charge in [-0.1, -0.05) is 6.92 Å². The highest BCUT2D eigenvalue weighted by Gasteiger charge is 2.17. The molecule has 1 heterocycles. The molecule has 1 aromatic carbocycles. The Hall–Kier alpha value is -2.04. The molecule has 0 radical (unpaired) electrons. The summed E-state index contributed by atoms with van der Waals surface area (Å²) in [6.07, 6.45) is 0.600. The van der Waals surface area contributed by atoms with E-state index in [1.54, 1.807) is 6.07 Å². The second-order valence-corrected chi connectivity index (χ2v) is 3.51. The van der Waals surface area contributed by atoms with Gasteiger partial charge >= 0.3 is 5.97 Å². The molecule has 0 saturated heterocycles. The van der Waals surface area contributed by atoms with Gasteiger partial charge in [-0.15, -0.1) is 0 Å². The monoisotopic (exact) mass is 218 g/mol. The lowest BCUT2D eigenvalue weighted by Gasteiger charge is -2.08. The largest absolute Gasteiger partial charge is 0.478 e. The molecule has 1 aliphatic heterocycles. The molecule has 82 valence electrons. The van der Waals surface area contributed by atoms with Crippen molar-refractivity contribution in [2.45, 2.75) is 19.4 Å². The maximum absolute atomic E-state index is 11.5. The van der Waals surface area contributed by atoms with Crippen molar-refractivity contribution in [2.75, 3.05) is 0 Å². The molecule has 1 N–H and O–H groups in total. The van der Waals surface area contributed by atoms with E-state index in [-0.39, 0.29) is 11.5 Å². The average Bonchev–Trinajstić information content (AvgIpc) is 2.27. The van der Waals surface area contributed by atoms with Gasteiger partial charge in [0.1, 0.15) is 6.04 Å². The van der Waals surface area contributed by atoms with Crippen molar-refractivity contribution in [2.24, 2.45) is 9.98 Å². The van der Waals surface area contributed by atoms with Crippen LogP contribution in [0.15, 0.2) is 28.2 Å². The summed E-state index contributed by atoms with van der Waals surface area (Å²) in [6, 6.07) is 3.98. The van der Waals surface area contributed by atoms with Crippen molar-refractivity contribution in [3.8, 4) is 0 Å². The average molecular weight is 218 g/mol. The molecular weight excluding hydrogens is 208 g/mol. The summed E-state index contributed by atoms with van der Waals surface area (Å²) >= 11 is 0. The number of hydrogen-bond acceptors (Lipinski definition) is 3. The van der Waals surface area contributed by atoms with E-state index in [0.717, 1.165) is 0 Å². The van der Waals surface area contributed by atoms with Gasteiger partial charge in [-0.25, -0.2) is 9.79 Å². The molecule has 0 unspecified atom stereocenters. The number of benzene rings is 1. The second-order valence-electron chi connectivity index (χ2n) is 3.51. The van der Waals surface area contributed by atoms with E-state index in [1.807, 2.05) is 6.92 Å². The molecule has 0 bridgehead atoms. The zero-order chi connectivity index (χ0) is 11.7. The lowest BCUT2D eigenvalue weighted by Crippen LogP contribution is -2.36. The Morgan fingerprint density at radius 3 is 2.81 bits per heavy atom. The van der Waals surface area contributed by atoms with Gasteiger partial charge in [0.2, 0.25) is 0 Å². The van der Waals surface area contributed by atoms with Crippen LogP contribution in [0.2, 0.25) is 0 Å². The fourth-order valence-corrected chi connectivity index (χ4v) is 1.54. The van der Waals surface area contributed by atoms with Gasteiger partial charge in [-0.3, -0.25) is 9.79 Å². The Morgan fingerprint density at radius 2 is 2.19 bits per heavy atom. The third-order valence-corrected chi connectivity index (χ3v) is 2.42. The van der Waals surface area contributed by atoms with Gasteiger partial charge in [-0.05, 0) is 24.6 Å². The summed E-state index contributed by atoms with van der Waals surface area (Å²) in [5.41, 5.74) is 0.112. The molecule has 5 heteroatoms. The lowest BCUT2D eigenvalue weighted by molar-refractivity contribution is -0.119. The van der Waals surface area contributed by atoms with Crippen LogP contribution in [0, 0.1) is 0 Å². The highest BCUT2D eigenvalue weighted by atomic mass is 16.4. The Labute approximate surface area is 91.2 Å². The zero-order valence-corrected chi connectivity index (χ0v) is 8.67. The molecule has 1 aliphatic rings. The van der Waals surface area contributed by atoms with E-state index in [1.165, 1.54) is 12.1 Å². The van der Waals surface area contributed by atoms with Gasteiger partial charge in [0.15, 0.2) is 0 Å². The maximum atomic E-state index is 11.5. The topological polar surface area (TPSA) is 79.1 Å². The van der Waals surface area contributed by atoms with Crippen LogP contribution in [-0.4, -0.2) is 23.0 Å². The van der Waals surface area contributed by atoms with Crippen LogP contribution in [0.4, 0.5) is 0 Å². The molecule has 16 heavy (non-hydrogen) atoms. The second kappa shape index (κ2) is 3.84. The van der Waals surface area contributed by atoms with E-state index < -0.39 is 12.0 Å². The minimum atomic E-state index is -1.04. The highest BCUT2D eigenvalue weighted by molar-refractivity contribution is 5.88. The third-order valence-electron chi connectivity index (χ3n) is 2.42. The van der Waals surface area contributed by atoms with Crippen LogP contribution in [0.5, 0.6) is 0 Å². The quantitative estimate of drug-likeness (QED) is 0.755. The Bertz CT molecular complexity index is 577. The van der Waals surface area contributed by atoms with Gasteiger partial charge in [-0.2, -0.15) is 0 Å². The van der Waals surface area contributed by atoms with Crippen LogP contribution in [0.3, 0.4) is 0 Å². The number of amides is 1. The normalized spacial score (nSPS) is 18.3. The van der Waals surface area contributed by atoms with Crippen LogP contribution in [0.1, 0.15) is 23.7 Å². The van der Waals surface area contributed by atoms with Gasteiger partial charge in [0.05, 0.1) is 16.3 Å². The van der Waals surface area contributed by atoms with Crippen molar-refractivity contribution < 1.29 is 14.7 Å². The maximum Gasteiger partial charge on any atom is 0.335 e. The van der Waals surface area contributed by atoms with E-state index in [2.05, 4.69) is 9.98 Å². The fourth-order valence-electron chi connectivity index (χ4n) is 1.54. The zero-order valence-electron chi connectivity index (χ0n) is 8.67. The van der Waals surface area contributed by atoms with Crippen molar-refractivity contribution in [3.63, 3.8) is 0 Å². The molecule has 1 atom stereocenters. The molecule has 0 aliphatic carbocycles. The van der Waals surface area contributed by atoms with Crippen LogP contribution in [-0.2, 0) is 4.79 Å². The number of fused-ring (bicyclic) bond motifs is 1. The molecule has 0 saturated carbocycles. The van der Waals surface area contributed by atoms with Crippen LogP contribution in [0.25, 0.3) is 0 Å². The van der Waals surface area contributed by atoms with Crippen LogP contribution < -0.4 is 10.7 Å². The summed E-state index contributed by atoms with van der Waals surface area (Å²) in [4.78, 5) is 30.2. The molecule has 0 fully saturated rings. The summed E-state index contributed by atoms with van der Waals surface area (Å²) in [5.74, 6) is -1.35.